The molecule has 2 aromatic rings. The number of nitrogens with zero attached hydrogens (tertiary/aromatic N) is 2. The highest BCUT2D eigenvalue weighted by Crippen LogP contribution is 2.41. The molecule has 1 N–H and O–H groups in total. The SMILES string of the molecule is CCOc1ccc(/C(O)=C2/C(=O)C(=O)N(CCCOC(C)C)C2c2ccncc2)c(OCC)c1. The van der Waals surface area contributed by atoms with Crippen LogP contribution in [0.1, 0.15) is 51.3 Å². The third-order valence-corrected chi connectivity index (χ3v) is 5.38. The van der Waals surface area contributed by atoms with Crippen molar-refractivity contribution in [1.29, 1.82) is 0 Å². The number of ether oxygens (including phenoxy) is 3. The Bertz CT molecular complexity index is 1030. The first-order valence-electron chi connectivity index (χ1n) is 11.6. The van der Waals surface area contributed by atoms with Gasteiger partial charge in [-0.1, -0.05) is 0 Å². The monoisotopic (exact) mass is 468 g/mol. The van der Waals surface area contributed by atoms with Crippen molar-refractivity contribution in [3.63, 3.8) is 0 Å². The second-order valence-corrected chi connectivity index (χ2v) is 8.07. The number of Topliss-reactive ketones (excluding diaryl/α,β-unsaturated/α-hetero) is 1. The Hall–Kier alpha value is -3.39. The molecule has 0 spiro atoms. The summed E-state index contributed by atoms with van der Waals surface area (Å²) in [6, 6.07) is 7.73. The number of amides is 1. The van der Waals surface area contributed by atoms with Crippen molar-refractivity contribution in [3.8, 4) is 11.5 Å². The number of rotatable bonds is 11. The summed E-state index contributed by atoms with van der Waals surface area (Å²) in [4.78, 5) is 31.7. The number of benzene rings is 1. The molecule has 8 heteroatoms. The van der Waals surface area contributed by atoms with E-state index in [0.717, 1.165) is 0 Å². The van der Waals surface area contributed by atoms with Crippen molar-refractivity contribution in [2.75, 3.05) is 26.4 Å². The maximum absolute atomic E-state index is 13.2. The van der Waals surface area contributed by atoms with Gasteiger partial charge in [-0.25, -0.2) is 0 Å². The number of pyridine rings is 1. The lowest BCUT2D eigenvalue weighted by atomic mass is 9.95. The van der Waals surface area contributed by atoms with Crippen molar-refractivity contribution in [1.82, 2.24) is 9.88 Å². The van der Waals surface area contributed by atoms with E-state index in [0.29, 0.717) is 55.4 Å². The van der Waals surface area contributed by atoms with Crippen LogP contribution in [0.4, 0.5) is 0 Å². The van der Waals surface area contributed by atoms with Crippen molar-refractivity contribution in [2.24, 2.45) is 0 Å². The second-order valence-electron chi connectivity index (χ2n) is 8.07. The van der Waals surface area contributed by atoms with E-state index in [1.807, 2.05) is 27.7 Å². The molecule has 0 radical (unpaired) electrons. The third kappa shape index (κ3) is 5.56. The Balaban J connectivity index is 2.07. The lowest BCUT2D eigenvalue weighted by molar-refractivity contribution is -0.140. The molecule has 1 aromatic heterocycles. The molecule has 1 aliphatic rings. The van der Waals surface area contributed by atoms with Gasteiger partial charge in [0.05, 0.1) is 36.5 Å². The topological polar surface area (TPSA) is 98.2 Å². The highest BCUT2D eigenvalue weighted by atomic mass is 16.5. The summed E-state index contributed by atoms with van der Waals surface area (Å²) < 4.78 is 16.9. The second kappa shape index (κ2) is 11.7. The van der Waals surface area contributed by atoms with Crippen LogP contribution in [0.3, 0.4) is 0 Å². The molecule has 1 aliphatic heterocycles. The molecule has 34 heavy (non-hydrogen) atoms. The molecular formula is C26H32N2O6. The minimum Gasteiger partial charge on any atom is -0.507 e. The fourth-order valence-electron chi connectivity index (χ4n) is 3.93. The largest absolute Gasteiger partial charge is 0.507 e. The van der Waals surface area contributed by atoms with Gasteiger partial charge in [-0.15, -0.1) is 0 Å². The van der Waals surface area contributed by atoms with Crippen molar-refractivity contribution >= 4 is 17.4 Å². The Kier molecular flexibility index (Phi) is 8.65. The summed E-state index contributed by atoms with van der Waals surface area (Å²) in [5.74, 6) is -0.723. The van der Waals surface area contributed by atoms with E-state index >= 15 is 0 Å². The lowest BCUT2D eigenvalue weighted by Gasteiger charge is -2.25. The number of carbonyl (C=O) groups excluding carboxylic acids is 2. The van der Waals surface area contributed by atoms with E-state index in [9.17, 15) is 14.7 Å². The smallest absolute Gasteiger partial charge is 0.295 e. The van der Waals surface area contributed by atoms with Crippen LogP contribution in [-0.4, -0.2) is 59.2 Å². The number of hydrogen-bond acceptors (Lipinski definition) is 7. The van der Waals surface area contributed by atoms with Gasteiger partial charge < -0.3 is 24.2 Å². The zero-order chi connectivity index (χ0) is 24.7. The number of carbonyl (C=O) groups is 2. The van der Waals surface area contributed by atoms with Crippen LogP contribution in [0.2, 0.25) is 0 Å². The van der Waals surface area contributed by atoms with Gasteiger partial charge in [-0.3, -0.25) is 14.6 Å². The molecule has 1 aromatic carbocycles. The van der Waals surface area contributed by atoms with Gasteiger partial charge in [0.15, 0.2) is 0 Å². The van der Waals surface area contributed by atoms with Crippen LogP contribution < -0.4 is 9.47 Å². The molecule has 1 saturated heterocycles. The maximum atomic E-state index is 13.2. The number of likely N-dealkylation sites (tertiary alicyclic amines) is 1. The average Bonchev–Trinajstić information content (AvgIpc) is 3.07. The summed E-state index contributed by atoms with van der Waals surface area (Å²) in [5, 5.41) is 11.3. The van der Waals surface area contributed by atoms with Crippen LogP contribution in [0.25, 0.3) is 5.76 Å². The minimum atomic E-state index is -0.747. The van der Waals surface area contributed by atoms with E-state index in [-0.39, 0.29) is 17.4 Å². The average molecular weight is 469 g/mol. The summed E-state index contributed by atoms with van der Waals surface area (Å²) in [5.41, 5.74) is 1.03. The molecule has 1 atom stereocenters. The van der Waals surface area contributed by atoms with E-state index in [4.69, 9.17) is 14.2 Å². The number of aliphatic hydroxyl groups is 1. The quantitative estimate of drug-likeness (QED) is 0.229. The van der Waals surface area contributed by atoms with Gasteiger partial charge in [0.25, 0.3) is 11.7 Å². The molecule has 3 rings (SSSR count). The highest BCUT2D eigenvalue weighted by Gasteiger charge is 2.46. The van der Waals surface area contributed by atoms with Crippen molar-refractivity contribution in [2.45, 2.75) is 46.3 Å². The molecule has 0 saturated carbocycles. The standard InChI is InChI=1S/C26H32N2O6/c1-5-32-19-8-9-20(21(16-19)33-6-2)24(29)22-23(18-10-12-27-13-11-18)28(26(31)25(22)30)14-7-15-34-17(3)4/h8-13,16-17,23,29H,5-7,14-15H2,1-4H3/b24-22-. The molecule has 0 bridgehead atoms. The zero-order valence-corrected chi connectivity index (χ0v) is 20.1. The third-order valence-electron chi connectivity index (χ3n) is 5.38. The first-order chi connectivity index (χ1) is 16.4. The predicted octanol–water partition coefficient (Wildman–Crippen LogP) is 4.12. The van der Waals surface area contributed by atoms with Gasteiger partial charge in [0.2, 0.25) is 0 Å². The van der Waals surface area contributed by atoms with Gasteiger partial charge in [0, 0.05) is 31.6 Å². The Morgan fingerprint density at radius 1 is 1.09 bits per heavy atom. The van der Waals surface area contributed by atoms with Crippen LogP contribution in [-0.2, 0) is 14.3 Å². The number of aliphatic hydroxyl groups excluding tert-OH is 1. The van der Waals surface area contributed by atoms with E-state index in [2.05, 4.69) is 4.98 Å². The van der Waals surface area contributed by atoms with E-state index in [1.165, 1.54) is 4.90 Å². The Morgan fingerprint density at radius 2 is 1.79 bits per heavy atom. The van der Waals surface area contributed by atoms with Crippen LogP contribution in [0.5, 0.6) is 11.5 Å². The van der Waals surface area contributed by atoms with Gasteiger partial charge >= 0.3 is 0 Å². The molecule has 0 aliphatic carbocycles. The summed E-state index contributed by atoms with van der Waals surface area (Å²) in [6.07, 6.45) is 3.82. The molecule has 1 amide bonds. The van der Waals surface area contributed by atoms with Crippen molar-refractivity contribution < 1.29 is 28.9 Å². The minimum absolute atomic E-state index is 0.0195. The van der Waals surface area contributed by atoms with Crippen LogP contribution >= 0.6 is 0 Å². The first-order valence-corrected chi connectivity index (χ1v) is 11.6. The normalized spacial score (nSPS) is 17.4. The lowest BCUT2D eigenvalue weighted by Crippen LogP contribution is -2.31. The number of aromatic nitrogens is 1. The number of hydrogen-bond donors (Lipinski definition) is 1. The molecule has 8 nitrogen and oxygen atoms in total. The fourth-order valence-corrected chi connectivity index (χ4v) is 3.93. The first kappa shape index (κ1) is 25.2. The van der Waals surface area contributed by atoms with Crippen molar-refractivity contribution in [3.05, 3.63) is 59.4 Å². The van der Waals surface area contributed by atoms with Crippen LogP contribution in [0, 0.1) is 0 Å². The number of ketones is 1. The van der Waals surface area contributed by atoms with E-state index < -0.39 is 17.7 Å². The fraction of sp³-hybridized carbons (Fsp3) is 0.423. The van der Waals surface area contributed by atoms with Crippen LogP contribution in [0.15, 0.2) is 48.3 Å². The summed E-state index contributed by atoms with van der Waals surface area (Å²) in [7, 11) is 0. The predicted molar refractivity (Wildman–Crippen MR) is 128 cm³/mol. The molecule has 2 heterocycles. The summed E-state index contributed by atoms with van der Waals surface area (Å²) in [6.45, 7) is 9.17. The van der Waals surface area contributed by atoms with Gasteiger partial charge in [-0.2, -0.15) is 0 Å². The van der Waals surface area contributed by atoms with Gasteiger partial charge in [0.1, 0.15) is 17.3 Å². The molecule has 182 valence electrons. The van der Waals surface area contributed by atoms with Gasteiger partial charge in [-0.05, 0) is 63.9 Å². The zero-order valence-electron chi connectivity index (χ0n) is 20.1. The molecule has 1 fully saturated rings. The molecular weight excluding hydrogens is 436 g/mol. The molecule has 1 unspecified atom stereocenters. The Labute approximate surface area is 200 Å². The maximum Gasteiger partial charge on any atom is 0.295 e. The summed E-state index contributed by atoms with van der Waals surface area (Å²) >= 11 is 0. The Morgan fingerprint density at radius 3 is 2.44 bits per heavy atom. The highest BCUT2D eigenvalue weighted by molar-refractivity contribution is 6.46. The van der Waals surface area contributed by atoms with E-state index in [1.54, 1.807) is 42.7 Å².